The summed E-state index contributed by atoms with van der Waals surface area (Å²) < 4.78 is 0. The maximum absolute atomic E-state index is 12.8. The molecule has 0 aromatic heterocycles. The zero-order valence-electron chi connectivity index (χ0n) is 12.7. The van der Waals surface area contributed by atoms with Gasteiger partial charge in [-0.05, 0) is 37.1 Å². The second kappa shape index (κ2) is 6.81. The Balaban J connectivity index is 2.40. The molecule has 0 saturated heterocycles. The lowest BCUT2D eigenvalue weighted by Crippen LogP contribution is -2.07. The summed E-state index contributed by atoms with van der Waals surface area (Å²) in [5.41, 5.74) is 8.88. The van der Waals surface area contributed by atoms with E-state index in [0.29, 0.717) is 17.2 Å². The average molecular weight is 299 g/mol. The molecule has 0 spiro atoms. The third-order valence-corrected chi connectivity index (χ3v) is 4.66. The number of para-hydroxylation sites is 1. The molecule has 110 valence electrons. The minimum Gasteiger partial charge on any atom is -0.398 e. The maximum Gasteiger partial charge on any atom is 0.196 e. The molecule has 0 fully saturated rings. The van der Waals surface area contributed by atoms with Crippen molar-refractivity contribution in [3.8, 4) is 0 Å². The Morgan fingerprint density at radius 1 is 1.14 bits per heavy atom. The van der Waals surface area contributed by atoms with Gasteiger partial charge in [0.25, 0.3) is 0 Å². The smallest absolute Gasteiger partial charge is 0.196 e. The van der Waals surface area contributed by atoms with Crippen molar-refractivity contribution in [2.75, 3.05) is 11.5 Å². The van der Waals surface area contributed by atoms with Gasteiger partial charge >= 0.3 is 0 Å². The van der Waals surface area contributed by atoms with Crippen LogP contribution >= 0.6 is 11.8 Å². The Kier molecular flexibility index (Phi) is 5.07. The van der Waals surface area contributed by atoms with E-state index in [1.165, 1.54) is 0 Å². The molecule has 0 aliphatic carbocycles. The number of ketones is 1. The van der Waals surface area contributed by atoms with Gasteiger partial charge in [0.1, 0.15) is 0 Å². The molecule has 0 radical (unpaired) electrons. The van der Waals surface area contributed by atoms with E-state index < -0.39 is 0 Å². The van der Waals surface area contributed by atoms with Gasteiger partial charge in [0.05, 0.1) is 0 Å². The molecule has 0 heterocycles. The second-order valence-corrected chi connectivity index (χ2v) is 6.68. The van der Waals surface area contributed by atoms with Crippen molar-refractivity contribution >= 4 is 23.2 Å². The van der Waals surface area contributed by atoms with Crippen LogP contribution in [0.15, 0.2) is 47.4 Å². The number of hydrogen-bond acceptors (Lipinski definition) is 3. The quantitative estimate of drug-likeness (QED) is 0.500. The van der Waals surface area contributed by atoms with Gasteiger partial charge in [-0.1, -0.05) is 37.6 Å². The molecule has 0 aliphatic rings. The van der Waals surface area contributed by atoms with Crippen LogP contribution in [-0.4, -0.2) is 11.5 Å². The molecule has 2 nitrogen and oxygen atoms in total. The molecule has 2 rings (SSSR count). The first-order chi connectivity index (χ1) is 9.99. The Morgan fingerprint density at radius 2 is 1.86 bits per heavy atom. The lowest BCUT2D eigenvalue weighted by atomic mass is 10.0. The summed E-state index contributed by atoms with van der Waals surface area (Å²) in [6.07, 6.45) is 0. The molecule has 0 amide bonds. The van der Waals surface area contributed by atoms with Gasteiger partial charge in [0, 0.05) is 27.5 Å². The monoisotopic (exact) mass is 299 g/mol. The van der Waals surface area contributed by atoms with Crippen molar-refractivity contribution in [1.82, 2.24) is 0 Å². The number of carbonyl (C=O) groups is 1. The molecule has 0 saturated carbocycles. The summed E-state index contributed by atoms with van der Waals surface area (Å²) in [6, 6.07) is 13.3. The normalized spacial score (nSPS) is 10.9. The van der Waals surface area contributed by atoms with Crippen molar-refractivity contribution in [2.45, 2.75) is 25.7 Å². The maximum atomic E-state index is 12.8. The highest BCUT2D eigenvalue weighted by atomic mass is 32.2. The minimum atomic E-state index is 0.00283. The molecule has 2 aromatic carbocycles. The van der Waals surface area contributed by atoms with Crippen LogP contribution in [-0.2, 0) is 0 Å². The first-order valence-electron chi connectivity index (χ1n) is 7.11. The van der Waals surface area contributed by atoms with E-state index in [0.717, 1.165) is 21.8 Å². The van der Waals surface area contributed by atoms with Gasteiger partial charge in [0.2, 0.25) is 0 Å². The third kappa shape index (κ3) is 3.88. The third-order valence-electron chi connectivity index (χ3n) is 3.16. The van der Waals surface area contributed by atoms with Gasteiger partial charge < -0.3 is 5.73 Å². The predicted molar refractivity (Wildman–Crippen MR) is 91.0 cm³/mol. The SMILES string of the molecule is Cc1ccc(SCC(C)C)c(C(=O)c2ccccc2N)c1. The molecule has 3 heteroatoms. The summed E-state index contributed by atoms with van der Waals surface area (Å²) >= 11 is 1.73. The van der Waals surface area contributed by atoms with Crippen molar-refractivity contribution in [3.05, 3.63) is 59.2 Å². The number of hydrogen-bond donors (Lipinski definition) is 1. The van der Waals surface area contributed by atoms with E-state index >= 15 is 0 Å². The molecule has 2 N–H and O–H groups in total. The first-order valence-corrected chi connectivity index (χ1v) is 8.10. The van der Waals surface area contributed by atoms with Crippen molar-refractivity contribution in [1.29, 1.82) is 0 Å². The molecule has 2 aromatic rings. The molecule has 0 bridgehead atoms. The van der Waals surface area contributed by atoms with Gasteiger partial charge in [-0.2, -0.15) is 0 Å². The topological polar surface area (TPSA) is 43.1 Å². The summed E-state index contributed by atoms with van der Waals surface area (Å²) in [4.78, 5) is 13.8. The lowest BCUT2D eigenvalue weighted by Gasteiger charge is -2.12. The van der Waals surface area contributed by atoms with E-state index in [1.807, 2.05) is 37.3 Å². The van der Waals surface area contributed by atoms with E-state index in [9.17, 15) is 4.79 Å². The van der Waals surface area contributed by atoms with Crippen LogP contribution in [0.25, 0.3) is 0 Å². The number of thioether (sulfide) groups is 1. The molecule has 0 aliphatic heterocycles. The first kappa shape index (κ1) is 15.6. The fourth-order valence-corrected chi connectivity index (χ4v) is 3.04. The van der Waals surface area contributed by atoms with Crippen LogP contribution in [0.2, 0.25) is 0 Å². The summed E-state index contributed by atoms with van der Waals surface area (Å²) in [5.74, 6) is 1.58. The zero-order valence-corrected chi connectivity index (χ0v) is 13.5. The molecule has 0 atom stereocenters. The Labute approximate surface area is 130 Å². The zero-order chi connectivity index (χ0) is 15.4. The van der Waals surface area contributed by atoms with Gasteiger partial charge in [-0.15, -0.1) is 11.8 Å². The van der Waals surface area contributed by atoms with Crippen molar-refractivity contribution in [3.63, 3.8) is 0 Å². The van der Waals surface area contributed by atoms with E-state index in [4.69, 9.17) is 5.73 Å². The Bertz CT molecular complexity index is 649. The van der Waals surface area contributed by atoms with E-state index in [2.05, 4.69) is 13.8 Å². The summed E-state index contributed by atoms with van der Waals surface area (Å²) in [7, 11) is 0. The van der Waals surface area contributed by atoms with Gasteiger partial charge in [-0.3, -0.25) is 4.79 Å². The van der Waals surface area contributed by atoms with Crippen LogP contribution in [0.4, 0.5) is 5.69 Å². The van der Waals surface area contributed by atoms with Crippen LogP contribution < -0.4 is 5.73 Å². The Hall–Kier alpha value is -1.74. The second-order valence-electron chi connectivity index (χ2n) is 5.62. The summed E-state index contributed by atoms with van der Waals surface area (Å²) in [5, 5.41) is 0. The van der Waals surface area contributed by atoms with Crippen LogP contribution in [0, 0.1) is 12.8 Å². The highest BCUT2D eigenvalue weighted by Crippen LogP contribution is 2.28. The van der Waals surface area contributed by atoms with Crippen LogP contribution in [0.5, 0.6) is 0 Å². The van der Waals surface area contributed by atoms with Gasteiger partial charge in [-0.25, -0.2) is 0 Å². The minimum absolute atomic E-state index is 0.00283. The van der Waals surface area contributed by atoms with E-state index in [1.54, 1.807) is 23.9 Å². The lowest BCUT2D eigenvalue weighted by molar-refractivity contribution is 0.103. The van der Waals surface area contributed by atoms with Crippen molar-refractivity contribution < 1.29 is 4.79 Å². The number of anilines is 1. The van der Waals surface area contributed by atoms with Crippen LogP contribution in [0.1, 0.15) is 35.3 Å². The predicted octanol–water partition coefficient (Wildman–Crippen LogP) is 4.56. The molecular weight excluding hydrogens is 278 g/mol. The molecule has 21 heavy (non-hydrogen) atoms. The number of rotatable bonds is 5. The number of carbonyl (C=O) groups excluding carboxylic acids is 1. The number of nitrogen functional groups attached to an aromatic ring is 1. The number of benzene rings is 2. The fourth-order valence-electron chi connectivity index (χ4n) is 2.05. The van der Waals surface area contributed by atoms with Crippen LogP contribution in [0.3, 0.4) is 0 Å². The van der Waals surface area contributed by atoms with Gasteiger partial charge in [0.15, 0.2) is 5.78 Å². The average Bonchev–Trinajstić information content (AvgIpc) is 2.45. The number of nitrogens with two attached hydrogens (primary N) is 1. The fraction of sp³-hybridized carbons (Fsp3) is 0.278. The Morgan fingerprint density at radius 3 is 2.52 bits per heavy atom. The standard InChI is InChI=1S/C18H21NOS/c1-12(2)11-21-17-9-8-13(3)10-15(17)18(20)14-6-4-5-7-16(14)19/h4-10,12H,11,19H2,1-3H3. The highest BCUT2D eigenvalue weighted by Gasteiger charge is 2.16. The summed E-state index contributed by atoms with van der Waals surface area (Å²) in [6.45, 7) is 6.36. The largest absolute Gasteiger partial charge is 0.398 e. The highest BCUT2D eigenvalue weighted by molar-refractivity contribution is 7.99. The van der Waals surface area contributed by atoms with Crippen molar-refractivity contribution in [2.24, 2.45) is 5.92 Å². The number of aryl methyl sites for hydroxylation is 1. The molecular formula is C18H21NOS. The molecule has 0 unspecified atom stereocenters. The van der Waals surface area contributed by atoms with E-state index in [-0.39, 0.29) is 5.78 Å².